The maximum atomic E-state index is 3.60. The molecule has 1 N–H and O–H groups in total. The molecular formula is C16H19NS. The van der Waals surface area contributed by atoms with E-state index in [-0.39, 0.29) is 0 Å². The van der Waals surface area contributed by atoms with Crippen molar-refractivity contribution < 1.29 is 0 Å². The number of fused-ring (bicyclic) bond motifs is 1. The maximum absolute atomic E-state index is 3.60. The third kappa shape index (κ3) is 2.50. The largest absolute Gasteiger partial charge is 0.305 e. The highest BCUT2D eigenvalue weighted by Crippen LogP contribution is 2.25. The zero-order valence-electron chi connectivity index (χ0n) is 10.8. The molecule has 0 fully saturated rings. The number of thiophene rings is 1. The van der Waals surface area contributed by atoms with Crippen LogP contribution < -0.4 is 5.32 Å². The minimum atomic E-state index is 0.429. The average molecular weight is 257 g/mol. The quantitative estimate of drug-likeness (QED) is 0.870. The van der Waals surface area contributed by atoms with Crippen LogP contribution in [0.1, 0.15) is 41.0 Å². The zero-order valence-corrected chi connectivity index (χ0v) is 11.6. The number of hydrogen-bond donors (Lipinski definition) is 1. The highest BCUT2D eigenvalue weighted by atomic mass is 32.1. The second-order valence-electron chi connectivity index (χ2n) is 5.06. The first kappa shape index (κ1) is 11.9. The molecule has 0 amide bonds. The van der Waals surface area contributed by atoms with Crippen LogP contribution in [-0.2, 0) is 19.4 Å². The van der Waals surface area contributed by atoms with Crippen LogP contribution >= 0.6 is 11.3 Å². The molecule has 1 nitrogen and oxygen atoms in total. The molecule has 1 unspecified atom stereocenters. The van der Waals surface area contributed by atoms with Crippen molar-refractivity contribution >= 4 is 11.3 Å². The molecule has 0 spiro atoms. The summed E-state index contributed by atoms with van der Waals surface area (Å²) in [5, 5.41) is 5.74. The Bertz CT molecular complexity index is 516. The zero-order chi connectivity index (χ0) is 12.4. The van der Waals surface area contributed by atoms with Crippen molar-refractivity contribution in [2.45, 2.75) is 38.8 Å². The Morgan fingerprint density at radius 2 is 2.11 bits per heavy atom. The summed E-state index contributed by atoms with van der Waals surface area (Å²) in [5.74, 6) is 0. The van der Waals surface area contributed by atoms with Crippen molar-refractivity contribution in [3.05, 3.63) is 57.3 Å². The van der Waals surface area contributed by atoms with E-state index in [0.717, 1.165) is 6.54 Å². The Morgan fingerprint density at radius 3 is 2.94 bits per heavy atom. The summed E-state index contributed by atoms with van der Waals surface area (Å²) in [6, 6.07) is 11.7. The first-order chi connectivity index (χ1) is 8.83. The van der Waals surface area contributed by atoms with Crippen molar-refractivity contribution in [2.24, 2.45) is 0 Å². The predicted octanol–water partition coefficient (Wildman–Crippen LogP) is 4.09. The third-order valence-electron chi connectivity index (χ3n) is 3.79. The SMILES string of the molecule is CC(NCc1cccs1)c1ccc2c(c1)CCC2. The van der Waals surface area contributed by atoms with Crippen LogP contribution in [0.15, 0.2) is 35.7 Å². The smallest absolute Gasteiger partial charge is 0.0305 e. The molecular weight excluding hydrogens is 238 g/mol. The summed E-state index contributed by atoms with van der Waals surface area (Å²) in [6.45, 7) is 3.22. The van der Waals surface area contributed by atoms with Gasteiger partial charge in [-0.1, -0.05) is 24.3 Å². The van der Waals surface area contributed by atoms with Crippen LogP contribution in [-0.4, -0.2) is 0 Å². The Kier molecular flexibility index (Phi) is 3.48. The molecule has 0 bridgehead atoms. The van der Waals surface area contributed by atoms with Gasteiger partial charge in [-0.05, 0) is 54.3 Å². The third-order valence-corrected chi connectivity index (χ3v) is 4.66. The maximum Gasteiger partial charge on any atom is 0.0305 e. The van der Waals surface area contributed by atoms with E-state index in [2.05, 4.69) is 48.0 Å². The monoisotopic (exact) mass is 257 g/mol. The normalized spacial score (nSPS) is 15.6. The summed E-state index contributed by atoms with van der Waals surface area (Å²) in [4.78, 5) is 1.41. The number of rotatable bonds is 4. The average Bonchev–Trinajstić information content (AvgIpc) is 3.05. The highest BCUT2D eigenvalue weighted by Gasteiger charge is 2.13. The van der Waals surface area contributed by atoms with E-state index >= 15 is 0 Å². The molecule has 18 heavy (non-hydrogen) atoms. The minimum Gasteiger partial charge on any atom is -0.305 e. The van der Waals surface area contributed by atoms with Crippen molar-refractivity contribution in [2.75, 3.05) is 0 Å². The van der Waals surface area contributed by atoms with Crippen molar-refractivity contribution in [1.82, 2.24) is 5.32 Å². The van der Waals surface area contributed by atoms with Crippen LogP contribution in [0.4, 0.5) is 0 Å². The topological polar surface area (TPSA) is 12.0 Å². The molecule has 2 heteroatoms. The fourth-order valence-electron chi connectivity index (χ4n) is 2.65. The van der Waals surface area contributed by atoms with Crippen LogP contribution in [0, 0.1) is 0 Å². The lowest BCUT2D eigenvalue weighted by atomic mass is 10.0. The summed E-state index contributed by atoms with van der Waals surface area (Å²) < 4.78 is 0. The summed E-state index contributed by atoms with van der Waals surface area (Å²) >= 11 is 1.82. The summed E-state index contributed by atoms with van der Waals surface area (Å²) in [5.41, 5.74) is 4.55. The molecule has 0 saturated carbocycles. The molecule has 1 heterocycles. The lowest BCUT2D eigenvalue weighted by molar-refractivity contribution is 0.578. The second kappa shape index (κ2) is 5.25. The van der Waals surface area contributed by atoms with E-state index < -0.39 is 0 Å². The van der Waals surface area contributed by atoms with E-state index in [9.17, 15) is 0 Å². The van der Waals surface area contributed by atoms with E-state index in [1.54, 1.807) is 11.1 Å². The van der Waals surface area contributed by atoms with Gasteiger partial charge in [-0.15, -0.1) is 11.3 Å². The van der Waals surface area contributed by atoms with Crippen LogP contribution in [0.25, 0.3) is 0 Å². The second-order valence-corrected chi connectivity index (χ2v) is 6.10. The number of benzene rings is 1. The van der Waals surface area contributed by atoms with Gasteiger partial charge in [0.25, 0.3) is 0 Å². The molecule has 1 aliphatic carbocycles. The van der Waals surface area contributed by atoms with Gasteiger partial charge in [0.15, 0.2) is 0 Å². The fraction of sp³-hybridized carbons (Fsp3) is 0.375. The molecule has 1 aromatic carbocycles. The fourth-order valence-corrected chi connectivity index (χ4v) is 3.30. The number of aryl methyl sites for hydroxylation is 2. The van der Waals surface area contributed by atoms with Gasteiger partial charge in [0.1, 0.15) is 0 Å². The van der Waals surface area contributed by atoms with E-state index in [0.29, 0.717) is 6.04 Å². The molecule has 0 saturated heterocycles. The summed E-state index contributed by atoms with van der Waals surface area (Å²) in [6.07, 6.45) is 3.86. The molecule has 0 aliphatic heterocycles. The van der Waals surface area contributed by atoms with Gasteiger partial charge in [-0.2, -0.15) is 0 Å². The van der Waals surface area contributed by atoms with Gasteiger partial charge in [0.05, 0.1) is 0 Å². The Labute approximate surface area is 113 Å². The molecule has 1 atom stereocenters. The van der Waals surface area contributed by atoms with Gasteiger partial charge < -0.3 is 5.32 Å². The van der Waals surface area contributed by atoms with Crippen molar-refractivity contribution in [3.63, 3.8) is 0 Å². The van der Waals surface area contributed by atoms with E-state index in [1.165, 1.54) is 29.7 Å². The number of nitrogens with one attached hydrogen (secondary N) is 1. The molecule has 1 aromatic heterocycles. The number of hydrogen-bond acceptors (Lipinski definition) is 2. The van der Waals surface area contributed by atoms with Gasteiger partial charge in [0.2, 0.25) is 0 Å². The Hall–Kier alpha value is -1.12. The molecule has 2 aromatic rings. The lowest BCUT2D eigenvalue weighted by Gasteiger charge is -2.15. The van der Waals surface area contributed by atoms with Gasteiger partial charge in [-0.3, -0.25) is 0 Å². The Morgan fingerprint density at radius 1 is 1.22 bits per heavy atom. The standard InChI is InChI=1S/C16H19NS/c1-12(17-11-16-6-3-9-18-16)14-8-7-13-4-2-5-15(13)10-14/h3,6-10,12,17H,2,4-5,11H2,1H3. The Balaban J connectivity index is 1.67. The van der Waals surface area contributed by atoms with Crippen molar-refractivity contribution in [1.29, 1.82) is 0 Å². The van der Waals surface area contributed by atoms with Gasteiger partial charge in [0, 0.05) is 17.5 Å². The highest BCUT2D eigenvalue weighted by molar-refractivity contribution is 7.09. The summed E-state index contributed by atoms with van der Waals surface area (Å²) in [7, 11) is 0. The lowest BCUT2D eigenvalue weighted by Crippen LogP contribution is -2.17. The predicted molar refractivity (Wildman–Crippen MR) is 78.0 cm³/mol. The van der Waals surface area contributed by atoms with Gasteiger partial charge in [-0.25, -0.2) is 0 Å². The molecule has 1 aliphatic rings. The molecule has 3 rings (SSSR count). The van der Waals surface area contributed by atoms with E-state index in [4.69, 9.17) is 0 Å². The molecule has 0 radical (unpaired) electrons. The first-order valence-corrected chi connectivity index (χ1v) is 7.58. The molecule has 94 valence electrons. The van der Waals surface area contributed by atoms with E-state index in [1.807, 2.05) is 11.3 Å². The van der Waals surface area contributed by atoms with Crippen LogP contribution in [0.5, 0.6) is 0 Å². The van der Waals surface area contributed by atoms with Crippen molar-refractivity contribution in [3.8, 4) is 0 Å². The van der Waals surface area contributed by atoms with Gasteiger partial charge >= 0.3 is 0 Å². The first-order valence-electron chi connectivity index (χ1n) is 6.70. The van der Waals surface area contributed by atoms with Crippen LogP contribution in [0.3, 0.4) is 0 Å². The van der Waals surface area contributed by atoms with Crippen LogP contribution in [0.2, 0.25) is 0 Å². The minimum absolute atomic E-state index is 0.429.